The van der Waals surface area contributed by atoms with Crippen molar-refractivity contribution in [2.24, 2.45) is 5.73 Å². The van der Waals surface area contributed by atoms with Crippen LogP contribution in [0.3, 0.4) is 0 Å². The van der Waals surface area contributed by atoms with Crippen molar-refractivity contribution in [2.45, 2.75) is 151 Å². The number of carbonyl (C=O) groups excluding carboxylic acids is 8. The molecule has 0 unspecified atom stereocenters. The molecule has 0 aromatic heterocycles. The first-order valence-corrected chi connectivity index (χ1v) is 29.3. The van der Waals surface area contributed by atoms with Crippen LogP contribution < -0.4 is 11.1 Å². The van der Waals surface area contributed by atoms with Crippen molar-refractivity contribution in [1.82, 2.24) is 39.6 Å². The molecular formula is C65H93N9O8. The molecule has 0 fully saturated rings. The van der Waals surface area contributed by atoms with Crippen LogP contribution in [0.1, 0.15) is 155 Å². The summed E-state index contributed by atoms with van der Waals surface area (Å²) in [6.07, 6.45) is 3.20. The fourth-order valence-corrected chi connectivity index (χ4v) is 9.89. The Morgan fingerprint density at radius 3 is 0.866 bits per heavy atom. The van der Waals surface area contributed by atoms with E-state index >= 15 is 19.2 Å². The summed E-state index contributed by atoms with van der Waals surface area (Å²) >= 11 is 0. The summed E-state index contributed by atoms with van der Waals surface area (Å²) in [7, 11) is 0. The first-order chi connectivity index (χ1) is 39.2. The van der Waals surface area contributed by atoms with Gasteiger partial charge in [-0.1, -0.05) is 142 Å². The zero-order chi connectivity index (χ0) is 60.5. The first kappa shape index (κ1) is 67.3. The maximum absolute atomic E-state index is 15.4. The molecule has 0 saturated heterocycles. The van der Waals surface area contributed by atoms with Gasteiger partial charge in [-0.2, -0.15) is 0 Å². The normalized spacial score (nSPS) is 13.7. The molecule has 82 heavy (non-hydrogen) atoms. The minimum Gasteiger partial charge on any atom is -0.330 e. The van der Waals surface area contributed by atoms with Crippen LogP contribution in [-0.4, -0.2) is 165 Å². The largest absolute Gasteiger partial charge is 0.330 e. The highest BCUT2D eigenvalue weighted by Gasteiger charge is 2.37. The number of carbonyl (C=O) groups is 8. The predicted molar refractivity (Wildman–Crippen MR) is 323 cm³/mol. The quantitative estimate of drug-likeness (QED) is 0.0431. The van der Waals surface area contributed by atoms with E-state index in [0.29, 0.717) is 32.4 Å². The number of ketones is 1. The third kappa shape index (κ3) is 19.7. The molecule has 3 N–H and O–H groups in total. The smallest absolute Gasteiger partial charge is 0.243 e. The van der Waals surface area contributed by atoms with Crippen molar-refractivity contribution >= 4 is 47.1 Å². The van der Waals surface area contributed by atoms with Gasteiger partial charge < -0.3 is 45.3 Å². The SMILES string of the molecule is CC[C@H](C)N(CC(=O)N(CC(=O)N(CC(=O)N(CC(=O)N(CC(=O)N(CC(=O)N(CC(C)=O)[C@@H](C)c1ccccc1)[C@@H](C)c1ccccc1)[C@@H](C)CC)[C@@H](C)c1ccccc1)[C@@H](C)c1ccccc1)[C@@H](C)CC)C(=O)CNCCCCN. The number of nitrogens with two attached hydrogens (primary N) is 1. The number of amides is 7. The average molecular weight is 1130 g/mol. The zero-order valence-electron chi connectivity index (χ0n) is 50.7. The second-order valence-corrected chi connectivity index (χ2v) is 21.6. The van der Waals surface area contributed by atoms with Crippen LogP contribution in [0.4, 0.5) is 0 Å². The van der Waals surface area contributed by atoms with E-state index in [1.54, 1.807) is 4.90 Å². The Morgan fingerprint density at radius 1 is 0.366 bits per heavy atom. The van der Waals surface area contributed by atoms with E-state index in [1.165, 1.54) is 36.3 Å². The highest BCUT2D eigenvalue weighted by Crippen LogP contribution is 2.28. The number of nitrogens with zero attached hydrogens (tertiary/aromatic N) is 7. The summed E-state index contributed by atoms with van der Waals surface area (Å²) in [5, 5.41) is 3.18. The third-order valence-corrected chi connectivity index (χ3v) is 15.9. The number of benzene rings is 4. The number of hydrogen-bond acceptors (Lipinski definition) is 10. The Balaban J connectivity index is 1.73. The lowest BCUT2D eigenvalue weighted by molar-refractivity contribution is -0.152. The van der Waals surface area contributed by atoms with E-state index in [1.807, 2.05) is 191 Å². The molecule has 4 aromatic rings. The van der Waals surface area contributed by atoms with Crippen LogP contribution >= 0.6 is 0 Å². The van der Waals surface area contributed by atoms with Crippen LogP contribution in [0.5, 0.6) is 0 Å². The maximum atomic E-state index is 15.4. The van der Waals surface area contributed by atoms with Crippen LogP contribution in [0, 0.1) is 0 Å². The molecule has 4 aromatic carbocycles. The van der Waals surface area contributed by atoms with E-state index < -0.39 is 91.3 Å². The molecule has 7 amide bonds. The van der Waals surface area contributed by atoms with E-state index in [0.717, 1.165) is 35.1 Å². The fourth-order valence-electron chi connectivity index (χ4n) is 9.89. The summed E-state index contributed by atoms with van der Waals surface area (Å²) in [5.74, 6) is -3.39. The number of hydrogen-bond donors (Lipinski definition) is 2. The lowest BCUT2D eigenvalue weighted by atomic mass is 10.0. The minimum absolute atomic E-state index is 0.0463. The zero-order valence-corrected chi connectivity index (χ0v) is 50.7. The molecule has 0 bridgehead atoms. The van der Waals surface area contributed by atoms with Crippen molar-refractivity contribution in [2.75, 3.05) is 65.4 Å². The number of rotatable bonds is 34. The minimum atomic E-state index is -0.695. The number of Topliss-reactive ketones (excluding diaryl/α,β-unsaturated/α-hetero) is 1. The van der Waals surface area contributed by atoms with Gasteiger partial charge in [0.15, 0.2) is 0 Å². The van der Waals surface area contributed by atoms with Gasteiger partial charge in [0.25, 0.3) is 0 Å². The Bertz CT molecular complexity index is 2650. The molecule has 0 saturated carbocycles. The molecule has 17 heteroatoms. The molecule has 4 rings (SSSR count). The fraction of sp³-hybridized carbons (Fsp3) is 0.508. The first-order valence-electron chi connectivity index (χ1n) is 29.3. The molecule has 446 valence electrons. The molecule has 0 heterocycles. The van der Waals surface area contributed by atoms with E-state index in [2.05, 4.69) is 5.32 Å². The highest BCUT2D eigenvalue weighted by atomic mass is 16.2. The molecule has 0 aliphatic heterocycles. The van der Waals surface area contributed by atoms with Gasteiger partial charge in [0, 0.05) is 18.1 Å². The molecule has 7 atom stereocenters. The predicted octanol–water partition coefficient (Wildman–Crippen LogP) is 8.14. The van der Waals surface area contributed by atoms with E-state index in [4.69, 9.17) is 5.73 Å². The molecular weight excluding hydrogens is 1030 g/mol. The highest BCUT2D eigenvalue weighted by molar-refractivity contribution is 5.94. The molecule has 0 radical (unpaired) electrons. The summed E-state index contributed by atoms with van der Waals surface area (Å²) in [6.45, 7) is 18.7. The Morgan fingerprint density at radius 2 is 0.610 bits per heavy atom. The van der Waals surface area contributed by atoms with Crippen LogP contribution in [0.25, 0.3) is 0 Å². The summed E-state index contributed by atoms with van der Waals surface area (Å²) < 4.78 is 0. The Labute approximate surface area is 488 Å². The third-order valence-electron chi connectivity index (χ3n) is 15.9. The van der Waals surface area contributed by atoms with Crippen LogP contribution in [-0.2, 0) is 38.4 Å². The van der Waals surface area contributed by atoms with Gasteiger partial charge in [-0.15, -0.1) is 0 Å². The monoisotopic (exact) mass is 1130 g/mol. The summed E-state index contributed by atoms with van der Waals surface area (Å²) in [4.78, 5) is 126. The van der Waals surface area contributed by atoms with E-state index in [9.17, 15) is 19.2 Å². The maximum Gasteiger partial charge on any atom is 0.243 e. The Hall–Kier alpha value is -7.24. The van der Waals surface area contributed by atoms with Gasteiger partial charge in [-0.25, -0.2) is 0 Å². The topological polar surface area (TPSA) is 197 Å². The summed E-state index contributed by atoms with van der Waals surface area (Å²) in [5.41, 5.74) is 8.70. The lowest BCUT2D eigenvalue weighted by Gasteiger charge is -2.38. The second kappa shape index (κ2) is 34.3. The molecule has 0 aliphatic rings. The summed E-state index contributed by atoms with van der Waals surface area (Å²) in [6, 6.07) is 33.5. The van der Waals surface area contributed by atoms with Crippen molar-refractivity contribution in [3.8, 4) is 0 Å². The van der Waals surface area contributed by atoms with Gasteiger partial charge in [0.2, 0.25) is 41.4 Å². The van der Waals surface area contributed by atoms with Gasteiger partial charge >= 0.3 is 0 Å². The van der Waals surface area contributed by atoms with Gasteiger partial charge in [0.05, 0.1) is 37.3 Å². The van der Waals surface area contributed by atoms with E-state index in [-0.39, 0.29) is 50.5 Å². The lowest BCUT2D eigenvalue weighted by Crippen LogP contribution is -2.55. The van der Waals surface area contributed by atoms with Crippen molar-refractivity contribution in [3.05, 3.63) is 144 Å². The van der Waals surface area contributed by atoms with Crippen LogP contribution in [0.2, 0.25) is 0 Å². The van der Waals surface area contributed by atoms with Gasteiger partial charge in [-0.3, -0.25) is 38.4 Å². The van der Waals surface area contributed by atoms with Crippen molar-refractivity contribution in [1.29, 1.82) is 0 Å². The molecule has 0 aliphatic carbocycles. The average Bonchev–Trinajstić information content (AvgIpc) is 3.70. The molecule has 0 spiro atoms. The van der Waals surface area contributed by atoms with Gasteiger partial charge in [-0.05, 0) is 123 Å². The van der Waals surface area contributed by atoms with Crippen molar-refractivity contribution < 1.29 is 38.4 Å². The van der Waals surface area contributed by atoms with Crippen LogP contribution in [0.15, 0.2) is 121 Å². The number of nitrogens with one attached hydrogen (secondary N) is 1. The van der Waals surface area contributed by atoms with Gasteiger partial charge in [0.1, 0.15) is 45.1 Å². The second-order valence-electron chi connectivity index (χ2n) is 21.6. The van der Waals surface area contributed by atoms with Crippen molar-refractivity contribution in [3.63, 3.8) is 0 Å². The molecule has 17 nitrogen and oxygen atoms in total. The number of unbranched alkanes of at least 4 members (excludes halogenated alkanes) is 1. The standard InChI is InChI=1S/C65H93N9O8/c1-12-47(4)68(59(76)39-67-38-28-27-37-66)41-60(77)69(48(5)13-2)42-62(79)74(54(11)58-35-25-18-26-36-58)46-65(82)72(52(9)56-31-21-16-22-32-56)44-61(78)70(49(6)14-3)43-63(80)73(53(10)57-33-23-17-24-34-57)45-64(81)71(40-50(7)75)51(8)55-29-19-15-20-30-55/h15-26,29-36,47-49,51-54,67H,12-14,27-28,37-46,66H2,1-11H3/t47-,48-,49-,51-,52-,53-,54-/m0/s1. The Kier molecular flexibility index (Phi) is 28.1.